The lowest BCUT2D eigenvalue weighted by Gasteiger charge is -2.22. The van der Waals surface area contributed by atoms with Gasteiger partial charge in [0.1, 0.15) is 11.5 Å². The number of ether oxygens (including phenoxy) is 1. The van der Waals surface area contributed by atoms with Crippen LogP contribution in [0.1, 0.15) is 37.4 Å². The minimum Gasteiger partial charge on any atom is -0.456 e. The maximum absolute atomic E-state index is 13.2. The van der Waals surface area contributed by atoms with Crippen LogP contribution in [0.25, 0.3) is 0 Å². The maximum atomic E-state index is 13.2. The van der Waals surface area contributed by atoms with Gasteiger partial charge in [-0.05, 0) is 30.2 Å². The van der Waals surface area contributed by atoms with Gasteiger partial charge in [-0.3, -0.25) is 9.59 Å². The van der Waals surface area contributed by atoms with Crippen molar-refractivity contribution in [2.24, 2.45) is 0 Å². The van der Waals surface area contributed by atoms with E-state index in [9.17, 15) is 9.59 Å². The average molecular weight is 340 g/mol. The summed E-state index contributed by atoms with van der Waals surface area (Å²) < 4.78 is 6.07. The summed E-state index contributed by atoms with van der Waals surface area (Å²) in [4.78, 5) is 26.1. The van der Waals surface area contributed by atoms with Crippen molar-refractivity contribution in [1.82, 2.24) is 0 Å². The van der Waals surface area contributed by atoms with Gasteiger partial charge >= 0.3 is 0 Å². The largest absolute Gasteiger partial charge is 0.456 e. The molecule has 0 saturated carbocycles. The van der Waals surface area contributed by atoms with E-state index in [2.05, 4.69) is 6.58 Å². The maximum Gasteiger partial charge on any atom is 0.198 e. The standard InChI is InChI=1S/C23H16O3/c1-2-8-15-13-14-19-20(23(15)26-16-9-4-3-5-10-16)22(25)18-12-7-6-11-17(18)21(19)24/h2-7,9-14H,1,8H2. The normalized spacial score (nSPS) is 12.3. The number of ketones is 2. The van der Waals surface area contributed by atoms with Gasteiger partial charge in [-0.15, -0.1) is 6.58 Å². The van der Waals surface area contributed by atoms with E-state index >= 15 is 0 Å². The van der Waals surface area contributed by atoms with Crippen LogP contribution in [0.3, 0.4) is 0 Å². The van der Waals surface area contributed by atoms with E-state index in [1.54, 1.807) is 36.4 Å². The van der Waals surface area contributed by atoms with Crippen molar-refractivity contribution in [3.8, 4) is 11.5 Å². The summed E-state index contributed by atoms with van der Waals surface area (Å²) in [5.74, 6) is 0.706. The zero-order valence-electron chi connectivity index (χ0n) is 14.1. The molecule has 26 heavy (non-hydrogen) atoms. The summed E-state index contributed by atoms with van der Waals surface area (Å²) in [7, 11) is 0. The molecule has 0 N–H and O–H groups in total. The first-order chi connectivity index (χ1) is 12.7. The van der Waals surface area contributed by atoms with E-state index in [4.69, 9.17) is 4.74 Å². The van der Waals surface area contributed by atoms with Gasteiger partial charge in [-0.1, -0.05) is 54.6 Å². The lowest BCUT2D eigenvalue weighted by Crippen LogP contribution is -2.22. The van der Waals surface area contributed by atoms with Crippen molar-refractivity contribution in [3.05, 3.63) is 107 Å². The van der Waals surface area contributed by atoms with Crippen LogP contribution in [-0.2, 0) is 6.42 Å². The zero-order valence-corrected chi connectivity index (χ0v) is 14.1. The molecule has 3 nitrogen and oxygen atoms in total. The van der Waals surface area contributed by atoms with Crippen molar-refractivity contribution >= 4 is 11.6 Å². The van der Waals surface area contributed by atoms with Crippen molar-refractivity contribution in [3.63, 3.8) is 0 Å². The molecule has 4 rings (SSSR count). The highest BCUT2D eigenvalue weighted by Gasteiger charge is 2.33. The van der Waals surface area contributed by atoms with Crippen molar-refractivity contribution in [1.29, 1.82) is 0 Å². The molecule has 3 heteroatoms. The average Bonchev–Trinajstić information content (AvgIpc) is 2.68. The number of fused-ring (bicyclic) bond motifs is 2. The highest BCUT2D eigenvalue weighted by atomic mass is 16.5. The predicted octanol–water partition coefficient (Wildman–Crippen LogP) is 4.98. The highest BCUT2D eigenvalue weighted by Crippen LogP contribution is 2.38. The molecule has 1 aliphatic carbocycles. The summed E-state index contributed by atoms with van der Waals surface area (Å²) in [6.45, 7) is 3.78. The van der Waals surface area contributed by atoms with Crippen LogP contribution in [0.2, 0.25) is 0 Å². The molecule has 1 aliphatic rings. The van der Waals surface area contributed by atoms with Crippen LogP contribution >= 0.6 is 0 Å². The smallest absolute Gasteiger partial charge is 0.198 e. The summed E-state index contributed by atoms with van der Waals surface area (Å²) in [6.07, 6.45) is 2.29. The SMILES string of the molecule is C=CCc1ccc2c(c1Oc1ccccc1)C(=O)c1ccccc1C2=O. The summed E-state index contributed by atoms with van der Waals surface area (Å²) >= 11 is 0. The van der Waals surface area contributed by atoms with Gasteiger partial charge in [0.25, 0.3) is 0 Å². The van der Waals surface area contributed by atoms with E-state index in [1.807, 2.05) is 36.4 Å². The molecule has 0 atom stereocenters. The quantitative estimate of drug-likeness (QED) is 0.492. The molecule has 0 aliphatic heterocycles. The number of allylic oxidation sites excluding steroid dienone is 1. The van der Waals surface area contributed by atoms with Crippen molar-refractivity contribution in [2.75, 3.05) is 0 Å². The number of hydrogen-bond donors (Lipinski definition) is 0. The monoisotopic (exact) mass is 340 g/mol. The van der Waals surface area contributed by atoms with Gasteiger partial charge in [0.2, 0.25) is 0 Å². The van der Waals surface area contributed by atoms with Crippen LogP contribution in [0.4, 0.5) is 0 Å². The molecule has 0 unspecified atom stereocenters. The number of para-hydroxylation sites is 1. The van der Waals surface area contributed by atoms with E-state index in [1.165, 1.54) is 0 Å². The molecule has 0 amide bonds. The molecule has 0 fully saturated rings. The first-order valence-electron chi connectivity index (χ1n) is 8.39. The Balaban J connectivity index is 1.94. The van der Waals surface area contributed by atoms with Gasteiger partial charge < -0.3 is 4.74 Å². The Hall–Kier alpha value is -3.46. The topological polar surface area (TPSA) is 43.4 Å². The third-order valence-electron chi connectivity index (χ3n) is 4.45. The molecule has 0 saturated heterocycles. The summed E-state index contributed by atoms with van der Waals surface area (Å²) in [5, 5.41) is 0. The summed E-state index contributed by atoms with van der Waals surface area (Å²) in [5.41, 5.74) is 2.39. The summed E-state index contributed by atoms with van der Waals surface area (Å²) in [6, 6.07) is 19.7. The van der Waals surface area contributed by atoms with E-state index in [-0.39, 0.29) is 11.6 Å². The second kappa shape index (κ2) is 6.45. The Bertz CT molecular complexity index is 1030. The third-order valence-corrected chi connectivity index (χ3v) is 4.45. The molecule has 126 valence electrons. The zero-order chi connectivity index (χ0) is 18.1. The van der Waals surface area contributed by atoms with Gasteiger partial charge in [-0.25, -0.2) is 0 Å². The lowest BCUT2D eigenvalue weighted by atomic mass is 9.82. The fraction of sp³-hybridized carbons (Fsp3) is 0.0435. The fourth-order valence-electron chi connectivity index (χ4n) is 3.24. The third kappa shape index (κ3) is 2.54. The van der Waals surface area contributed by atoms with Crippen molar-refractivity contribution in [2.45, 2.75) is 6.42 Å². The number of carbonyl (C=O) groups is 2. The molecule has 0 aromatic heterocycles. The van der Waals surface area contributed by atoms with Crippen LogP contribution in [0.5, 0.6) is 11.5 Å². The second-order valence-corrected chi connectivity index (χ2v) is 6.09. The van der Waals surface area contributed by atoms with Gasteiger partial charge in [0.15, 0.2) is 11.6 Å². The Morgan fingerprint density at radius 3 is 2.12 bits per heavy atom. The Morgan fingerprint density at radius 1 is 0.769 bits per heavy atom. The molecule has 0 spiro atoms. The number of hydrogen-bond acceptors (Lipinski definition) is 3. The van der Waals surface area contributed by atoms with Gasteiger partial charge in [0.05, 0.1) is 5.56 Å². The minimum atomic E-state index is -0.188. The number of carbonyl (C=O) groups excluding carboxylic acids is 2. The molecule has 0 bridgehead atoms. The highest BCUT2D eigenvalue weighted by molar-refractivity contribution is 6.29. The molecule has 0 radical (unpaired) electrons. The van der Waals surface area contributed by atoms with Gasteiger partial charge in [-0.2, -0.15) is 0 Å². The Kier molecular flexibility index (Phi) is 3.98. The van der Waals surface area contributed by atoms with Crippen molar-refractivity contribution < 1.29 is 14.3 Å². The van der Waals surface area contributed by atoms with Gasteiger partial charge in [0, 0.05) is 16.7 Å². The lowest BCUT2D eigenvalue weighted by molar-refractivity contribution is 0.0977. The molecular weight excluding hydrogens is 324 g/mol. The van der Waals surface area contributed by atoms with Crippen LogP contribution in [0, 0.1) is 0 Å². The van der Waals surface area contributed by atoms with E-state index in [0.717, 1.165) is 5.56 Å². The van der Waals surface area contributed by atoms with Crippen LogP contribution in [0.15, 0.2) is 79.4 Å². The fourth-order valence-corrected chi connectivity index (χ4v) is 3.24. The number of rotatable bonds is 4. The molecule has 3 aromatic rings. The Morgan fingerprint density at radius 2 is 1.42 bits per heavy atom. The first kappa shape index (κ1) is 16.0. The second-order valence-electron chi connectivity index (χ2n) is 6.09. The predicted molar refractivity (Wildman–Crippen MR) is 100 cm³/mol. The minimum absolute atomic E-state index is 0.154. The number of benzene rings is 3. The van der Waals surface area contributed by atoms with Crippen LogP contribution in [-0.4, -0.2) is 11.6 Å². The van der Waals surface area contributed by atoms with Crippen LogP contribution < -0.4 is 4.74 Å². The molecular formula is C23H16O3. The van der Waals surface area contributed by atoms with E-state index < -0.39 is 0 Å². The molecule has 0 heterocycles. The Labute approximate surface area is 151 Å². The van der Waals surface area contributed by atoms with E-state index in [0.29, 0.717) is 40.2 Å². The first-order valence-corrected chi connectivity index (χ1v) is 8.39. The molecule has 3 aromatic carbocycles.